The number of hydrogen-bond donors (Lipinski definition) is 1. The SMILES string of the molecule is COC(=O)c1ccc(NC(=O)c2ccc(-c3ccc([N+](=O)[O-])cc3Cl)o2)cc1. The number of non-ortho nitro benzene ring substituents is 1. The van der Waals surface area contributed by atoms with Gasteiger partial charge >= 0.3 is 5.97 Å². The summed E-state index contributed by atoms with van der Waals surface area (Å²) in [5.74, 6) is -0.656. The van der Waals surface area contributed by atoms with Crippen LogP contribution < -0.4 is 5.32 Å². The zero-order chi connectivity index (χ0) is 20.3. The van der Waals surface area contributed by atoms with Gasteiger partial charge in [0.05, 0.1) is 22.6 Å². The number of rotatable bonds is 5. The summed E-state index contributed by atoms with van der Waals surface area (Å²) < 4.78 is 10.1. The first-order chi connectivity index (χ1) is 13.4. The number of amides is 1. The van der Waals surface area contributed by atoms with Crippen LogP contribution in [0.4, 0.5) is 11.4 Å². The number of benzene rings is 2. The van der Waals surface area contributed by atoms with Crippen molar-refractivity contribution in [1.29, 1.82) is 0 Å². The Bertz CT molecular complexity index is 1060. The number of nitrogens with one attached hydrogen (secondary N) is 1. The monoisotopic (exact) mass is 400 g/mol. The summed E-state index contributed by atoms with van der Waals surface area (Å²) in [5, 5.41) is 13.6. The molecule has 0 bridgehead atoms. The largest absolute Gasteiger partial charge is 0.465 e. The quantitative estimate of drug-likeness (QED) is 0.382. The molecule has 1 heterocycles. The summed E-state index contributed by atoms with van der Waals surface area (Å²) >= 11 is 6.08. The van der Waals surface area contributed by atoms with Crippen molar-refractivity contribution in [2.75, 3.05) is 12.4 Å². The van der Waals surface area contributed by atoms with Gasteiger partial charge in [0.2, 0.25) is 0 Å². The molecule has 0 atom stereocenters. The molecule has 1 aromatic heterocycles. The van der Waals surface area contributed by atoms with Crippen LogP contribution in [0.15, 0.2) is 59.0 Å². The number of hydrogen-bond acceptors (Lipinski definition) is 6. The van der Waals surface area contributed by atoms with Crippen LogP contribution in [-0.4, -0.2) is 23.9 Å². The summed E-state index contributed by atoms with van der Waals surface area (Å²) in [6, 6.07) is 13.1. The van der Waals surface area contributed by atoms with Gasteiger partial charge in [0.25, 0.3) is 11.6 Å². The molecule has 0 fully saturated rings. The molecule has 0 spiro atoms. The van der Waals surface area contributed by atoms with Crippen molar-refractivity contribution < 1.29 is 23.7 Å². The third-order valence-corrected chi connectivity index (χ3v) is 4.14. The smallest absolute Gasteiger partial charge is 0.337 e. The number of carbonyl (C=O) groups excluding carboxylic acids is 2. The lowest BCUT2D eigenvalue weighted by atomic mass is 10.1. The van der Waals surface area contributed by atoms with E-state index in [1.807, 2.05) is 0 Å². The number of halogens is 1. The van der Waals surface area contributed by atoms with Gasteiger partial charge in [-0.1, -0.05) is 11.6 Å². The fourth-order valence-corrected chi connectivity index (χ4v) is 2.69. The van der Waals surface area contributed by atoms with Gasteiger partial charge in [0.1, 0.15) is 5.76 Å². The van der Waals surface area contributed by atoms with Crippen molar-refractivity contribution in [1.82, 2.24) is 0 Å². The van der Waals surface area contributed by atoms with Crippen LogP contribution in [-0.2, 0) is 4.74 Å². The highest BCUT2D eigenvalue weighted by molar-refractivity contribution is 6.33. The van der Waals surface area contributed by atoms with Crippen molar-refractivity contribution in [3.05, 3.63) is 81.1 Å². The third kappa shape index (κ3) is 4.02. The van der Waals surface area contributed by atoms with Gasteiger partial charge in [-0.05, 0) is 42.5 Å². The van der Waals surface area contributed by atoms with Crippen molar-refractivity contribution in [2.24, 2.45) is 0 Å². The minimum Gasteiger partial charge on any atom is -0.465 e. The van der Waals surface area contributed by atoms with E-state index >= 15 is 0 Å². The molecule has 0 radical (unpaired) electrons. The van der Waals surface area contributed by atoms with Crippen molar-refractivity contribution in [2.45, 2.75) is 0 Å². The number of esters is 1. The van der Waals surface area contributed by atoms with E-state index in [1.165, 1.54) is 43.5 Å². The minimum absolute atomic E-state index is 0.0291. The summed E-state index contributed by atoms with van der Waals surface area (Å²) in [6.07, 6.45) is 0. The molecular weight excluding hydrogens is 388 g/mol. The lowest BCUT2D eigenvalue weighted by molar-refractivity contribution is -0.384. The van der Waals surface area contributed by atoms with Crippen LogP contribution in [0.5, 0.6) is 0 Å². The van der Waals surface area contributed by atoms with Crippen LogP contribution in [0, 0.1) is 10.1 Å². The second-order valence-electron chi connectivity index (χ2n) is 5.61. The maximum Gasteiger partial charge on any atom is 0.337 e. The predicted molar refractivity (Wildman–Crippen MR) is 102 cm³/mol. The van der Waals surface area contributed by atoms with Crippen LogP contribution in [0.3, 0.4) is 0 Å². The average Bonchev–Trinajstić information content (AvgIpc) is 3.17. The second kappa shape index (κ2) is 7.93. The van der Waals surface area contributed by atoms with Crippen LogP contribution in [0.1, 0.15) is 20.9 Å². The van der Waals surface area contributed by atoms with Crippen LogP contribution in [0.2, 0.25) is 5.02 Å². The van der Waals surface area contributed by atoms with E-state index in [4.69, 9.17) is 16.0 Å². The molecule has 1 N–H and O–H groups in total. The van der Waals surface area contributed by atoms with E-state index in [0.717, 1.165) is 0 Å². The number of methoxy groups -OCH3 is 1. The molecule has 0 aliphatic carbocycles. The van der Waals surface area contributed by atoms with Gasteiger partial charge in [-0.2, -0.15) is 0 Å². The first-order valence-corrected chi connectivity index (χ1v) is 8.30. The minimum atomic E-state index is -0.553. The molecule has 8 nitrogen and oxygen atoms in total. The molecule has 1 amide bonds. The van der Waals surface area contributed by atoms with Gasteiger partial charge in [-0.25, -0.2) is 4.79 Å². The van der Waals surface area contributed by atoms with Gasteiger partial charge in [-0.15, -0.1) is 0 Å². The van der Waals surface area contributed by atoms with E-state index in [9.17, 15) is 19.7 Å². The maximum atomic E-state index is 12.3. The zero-order valence-corrected chi connectivity index (χ0v) is 15.2. The standard InChI is InChI=1S/C19H13ClN2O6/c1-27-19(24)11-2-4-12(5-3-11)21-18(23)17-9-8-16(28-17)14-7-6-13(22(25)26)10-15(14)20/h2-10H,1H3,(H,21,23). The van der Waals surface area contributed by atoms with Crippen molar-refractivity contribution >= 4 is 34.9 Å². The van der Waals surface area contributed by atoms with Crippen LogP contribution in [0.25, 0.3) is 11.3 Å². The maximum absolute atomic E-state index is 12.3. The van der Waals surface area contributed by atoms with E-state index in [0.29, 0.717) is 22.6 Å². The molecule has 28 heavy (non-hydrogen) atoms. The number of nitro groups is 1. The lowest BCUT2D eigenvalue weighted by Gasteiger charge is -2.05. The number of nitrogens with zero attached hydrogens (tertiary/aromatic N) is 1. The summed E-state index contributed by atoms with van der Waals surface area (Å²) in [5.41, 5.74) is 1.10. The Morgan fingerprint density at radius 3 is 2.43 bits per heavy atom. The van der Waals surface area contributed by atoms with E-state index < -0.39 is 16.8 Å². The average molecular weight is 401 g/mol. The Balaban J connectivity index is 1.75. The molecular formula is C19H13ClN2O6. The number of anilines is 1. The third-order valence-electron chi connectivity index (χ3n) is 3.82. The van der Waals surface area contributed by atoms with Gasteiger partial charge in [-0.3, -0.25) is 14.9 Å². The van der Waals surface area contributed by atoms with Gasteiger partial charge in [0.15, 0.2) is 5.76 Å². The number of furan rings is 1. The molecule has 3 rings (SSSR count). The molecule has 9 heteroatoms. The molecule has 142 valence electrons. The summed E-state index contributed by atoms with van der Waals surface area (Å²) in [6.45, 7) is 0. The fraction of sp³-hybridized carbons (Fsp3) is 0.0526. The molecule has 0 aliphatic heterocycles. The lowest BCUT2D eigenvalue weighted by Crippen LogP contribution is -2.11. The molecule has 2 aromatic carbocycles. The second-order valence-corrected chi connectivity index (χ2v) is 6.02. The van der Waals surface area contributed by atoms with Crippen LogP contribution >= 0.6 is 11.6 Å². The Morgan fingerprint density at radius 1 is 1.11 bits per heavy atom. The molecule has 0 saturated heterocycles. The highest BCUT2D eigenvalue weighted by Crippen LogP contribution is 2.32. The Morgan fingerprint density at radius 2 is 1.82 bits per heavy atom. The van der Waals surface area contributed by atoms with E-state index in [-0.39, 0.29) is 16.5 Å². The summed E-state index contributed by atoms with van der Waals surface area (Å²) in [4.78, 5) is 34.0. The molecule has 0 aliphatic rings. The van der Waals surface area contributed by atoms with Crippen molar-refractivity contribution in [3.63, 3.8) is 0 Å². The highest BCUT2D eigenvalue weighted by atomic mass is 35.5. The Hall–Kier alpha value is -3.65. The van der Waals surface area contributed by atoms with Gasteiger partial charge < -0.3 is 14.5 Å². The topological polar surface area (TPSA) is 112 Å². The van der Waals surface area contributed by atoms with Gasteiger partial charge in [0, 0.05) is 23.4 Å². The molecule has 0 saturated carbocycles. The Labute approximate surface area is 163 Å². The normalized spacial score (nSPS) is 10.4. The van der Waals surface area contributed by atoms with E-state index in [2.05, 4.69) is 10.1 Å². The predicted octanol–water partition coefficient (Wildman–Crippen LogP) is 4.55. The Kier molecular flexibility index (Phi) is 5.42. The first-order valence-electron chi connectivity index (χ1n) is 7.93. The number of carbonyl (C=O) groups is 2. The number of nitro benzene ring substituents is 1. The number of ether oxygens (including phenoxy) is 1. The molecule has 3 aromatic rings. The zero-order valence-electron chi connectivity index (χ0n) is 14.5. The fourth-order valence-electron chi connectivity index (χ4n) is 2.42. The highest BCUT2D eigenvalue weighted by Gasteiger charge is 2.16. The van der Waals surface area contributed by atoms with Crippen molar-refractivity contribution in [3.8, 4) is 11.3 Å². The first kappa shape index (κ1) is 19.1. The van der Waals surface area contributed by atoms with E-state index in [1.54, 1.807) is 18.2 Å². The summed E-state index contributed by atoms with van der Waals surface area (Å²) in [7, 11) is 1.28. The molecule has 0 unspecified atom stereocenters.